The third-order valence-electron chi connectivity index (χ3n) is 9.00. The fraction of sp³-hybridized carbons (Fsp3) is 1.00. The normalized spacial score (nSPS) is 35.9. The highest BCUT2D eigenvalue weighted by Gasteiger charge is 2.59. The van der Waals surface area contributed by atoms with Crippen molar-refractivity contribution in [2.45, 2.75) is 130 Å². The summed E-state index contributed by atoms with van der Waals surface area (Å²) in [4.78, 5) is 0. The van der Waals surface area contributed by atoms with Gasteiger partial charge < -0.3 is 0 Å². The van der Waals surface area contributed by atoms with Crippen LogP contribution in [0.2, 0.25) is 0 Å². The predicted octanol–water partition coefficient (Wildman–Crippen LogP) is 8.79. The number of hydrogen-bond donors (Lipinski definition) is 0. The minimum Gasteiger partial charge on any atom is -0.0654 e. The van der Waals surface area contributed by atoms with Gasteiger partial charge >= 0.3 is 0 Å². The summed E-state index contributed by atoms with van der Waals surface area (Å²) in [5.41, 5.74) is 0.756. The summed E-state index contributed by atoms with van der Waals surface area (Å²) in [6.07, 6.45) is 25.9. The van der Waals surface area contributed by atoms with Crippen LogP contribution in [0.5, 0.6) is 0 Å². The Labute approximate surface area is 165 Å². The zero-order valence-corrected chi connectivity index (χ0v) is 18.4. The van der Waals surface area contributed by atoms with Crippen molar-refractivity contribution in [3.8, 4) is 0 Å². The quantitative estimate of drug-likeness (QED) is 0.341. The Morgan fingerprint density at radius 1 is 0.654 bits per heavy atom. The van der Waals surface area contributed by atoms with Crippen LogP contribution in [-0.4, -0.2) is 0 Å². The minimum absolute atomic E-state index is 0.756. The van der Waals surface area contributed by atoms with Crippen LogP contribution in [0, 0.1) is 35.0 Å². The molecule has 3 saturated carbocycles. The molecule has 152 valence electrons. The molecule has 3 aliphatic carbocycles. The molecule has 0 heterocycles. The third kappa shape index (κ3) is 4.35. The summed E-state index contributed by atoms with van der Waals surface area (Å²) in [5.74, 6) is 5.46. The Bertz CT molecular complexity index is 385. The fourth-order valence-electron chi connectivity index (χ4n) is 7.87. The van der Waals surface area contributed by atoms with Crippen LogP contribution in [0.15, 0.2) is 0 Å². The molecule has 0 spiro atoms. The minimum atomic E-state index is 0.756. The molecule has 0 aromatic carbocycles. The van der Waals surface area contributed by atoms with E-state index in [0.29, 0.717) is 0 Å². The molecule has 0 N–H and O–H groups in total. The molecule has 26 heavy (non-hydrogen) atoms. The molecule has 0 amide bonds. The second-order valence-electron chi connectivity index (χ2n) is 10.6. The Kier molecular flexibility index (Phi) is 7.95. The van der Waals surface area contributed by atoms with Crippen LogP contribution >= 0.6 is 0 Å². The van der Waals surface area contributed by atoms with Crippen LogP contribution in [0.25, 0.3) is 0 Å². The predicted molar refractivity (Wildman–Crippen MR) is 115 cm³/mol. The number of fused-ring (bicyclic) bond motifs is 3. The molecular weight excluding hydrogens is 312 g/mol. The van der Waals surface area contributed by atoms with Crippen molar-refractivity contribution in [1.29, 1.82) is 0 Å². The SMILES string of the molecule is CCCCCCC1(CCCCCC)C2CCCCC2C2CCC(C)CC21. The molecule has 5 atom stereocenters. The van der Waals surface area contributed by atoms with Crippen molar-refractivity contribution in [2.24, 2.45) is 35.0 Å². The van der Waals surface area contributed by atoms with Crippen LogP contribution in [0.3, 0.4) is 0 Å². The Morgan fingerprint density at radius 2 is 1.27 bits per heavy atom. The lowest BCUT2D eigenvalue weighted by molar-refractivity contribution is 0.0418. The van der Waals surface area contributed by atoms with Gasteiger partial charge in [-0.15, -0.1) is 0 Å². The van der Waals surface area contributed by atoms with Gasteiger partial charge in [0.1, 0.15) is 0 Å². The number of unbranched alkanes of at least 4 members (excludes halogenated alkanes) is 6. The highest BCUT2D eigenvalue weighted by molar-refractivity contribution is 5.08. The van der Waals surface area contributed by atoms with Gasteiger partial charge in [-0.3, -0.25) is 0 Å². The second kappa shape index (κ2) is 9.97. The molecule has 0 aliphatic heterocycles. The molecule has 0 heteroatoms. The lowest BCUT2D eigenvalue weighted by Crippen LogP contribution is -2.37. The maximum atomic E-state index is 2.57. The molecule has 0 saturated heterocycles. The molecule has 0 aromatic heterocycles. The van der Waals surface area contributed by atoms with E-state index in [4.69, 9.17) is 0 Å². The van der Waals surface area contributed by atoms with Crippen molar-refractivity contribution in [3.05, 3.63) is 0 Å². The molecule has 5 unspecified atom stereocenters. The zero-order valence-electron chi connectivity index (χ0n) is 18.4. The van der Waals surface area contributed by atoms with Crippen molar-refractivity contribution in [2.75, 3.05) is 0 Å². The van der Waals surface area contributed by atoms with E-state index in [2.05, 4.69) is 20.8 Å². The zero-order chi connectivity index (χ0) is 18.4. The Morgan fingerprint density at radius 3 is 1.92 bits per heavy atom. The first-order valence-electron chi connectivity index (χ1n) is 12.7. The van der Waals surface area contributed by atoms with Crippen LogP contribution < -0.4 is 0 Å². The van der Waals surface area contributed by atoms with E-state index in [-0.39, 0.29) is 0 Å². The van der Waals surface area contributed by atoms with E-state index in [1.54, 1.807) is 51.4 Å². The molecule has 3 aliphatic rings. The molecular formula is C26H48. The van der Waals surface area contributed by atoms with Gasteiger partial charge in [0, 0.05) is 0 Å². The van der Waals surface area contributed by atoms with E-state index < -0.39 is 0 Å². The van der Waals surface area contributed by atoms with Gasteiger partial charge in [-0.2, -0.15) is 0 Å². The largest absolute Gasteiger partial charge is 0.0654 e. The van der Waals surface area contributed by atoms with Gasteiger partial charge in [-0.25, -0.2) is 0 Å². The lowest BCUT2D eigenvalue weighted by Gasteiger charge is -2.45. The molecule has 0 aromatic rings. The van der Waals surface area contributed by atoms with Crippen LogP contribution in [0.1, 0.15) is 130 Å². The maximum Gasteiger partial charge on any atom is -0.0235 e. The third-order valence-corrected chi connectivity index (χ3v) is 9.00. The average molecular weight is 361 g/mol. The first-order valence-corrected chi connectivity index (χ1v) is 12.7. The molecule has 0 radical (unpaired) electrons. The lowest BCUT2D eigenvalue weighted by atomic mass is 9.59. The maximum absolute atomic E-state index is 2.57. The molecule has 0 bridgehead atoms. The van der Waals surface area contributed by atoms with Crippen molar-refractivity contribution in [3.63, 3.8) is 0 Å². The first kappa shape index (κ1) is 20.7. The van der Waals surface area contributed by atoms with E-state index in [1.807, 2.05) is 0 Å². The summed E-state index contributed by atoms with van der Waals surface area (Å²) in [6, 6.07) is 0. The molecule has 0 nitrogen and oxygen atoms in total. The highest BCUT2D eigenvalue weighted by Crippen LogP contribution is 2.67. The number of rotatable bonds is 10. The van der Waals surface area contributed by atoms with Gasteiger partial charge in [0.15, 0.2) is 0 Å². The van der Waals surface area contributed by atoms with E-state index >= 15 is 0 Å². The van der Waals surface area contributed by atoms with Crippen molar-refractivity contribution < 1.29 is 0 Å². The summed E-state index contributed by atoms with van der Waals surface area (Å²) in [7, 11) is 0. The smallest absolute Gasteiger partial charge is 0.0235 e. The van der Waals surface area contributed by atoms with Gasteiger partial charge in [0.25, 0.3) is 0 Å². The van der Waals surface area contributed by atoms with Gasteiger partial charge in [0.2, 0.25) is 0 Å². The van der Waals surface area contributed by atoms with Gasteiger partial charge in [-0.1, -0.05) is 91.4 Å². The standard InChI is InChI=1S/C26H48/c1-4-6-8-12-18-26(19-13-9-7-5-2)24-15-11-10-14-22(24)23-17-16-21(3)20-25(23)26/h21-25H,4-20H2,1-3H3. The Balaban J connectivity index is 1.78. The monoisotopic (exact) mass is 360 g/mol. The highest BCUT2D eigenvalue weighted by atomic mass is 14.6. The summed E-state index contributed by atoms with van der Waals surface area (Å²) in [5, 5.41) is 0. The number of hydrogen-bond acceptors (Lipinski definition) is 0. The van der Waals surface area contributed by atoms with Crippen molar-refractivity contribution in [1.82, 2.24) is 0 Å². The summed E-state index contributed by atoms with van der Waals surface area (Å²) >= 11 is 0. The van der Waals surface area contributed by atoms with E-state index in [9.17, 15) is 0 Å². The van der Waals surface area contributed by atoms with E-state index in [1.165, 1.54) is 57.8 Å². The van der Waals surface area contributed by atoms with Crippen molar-refractivity contribution >= 4 is 0 Å². The topological polar surface area (TPSA) is 0 Å². The van der Waals surface area contributed by atoms with Gasteiger partial charge in [-0.05, 0) is 73.5 Å². The summed E-state index contributed by atoms with van der Waals surface area (Å²) < 4.78 is 0. The first-order chi connectivity index (χ1) is 12.7. The molecule has 3 fully saturated rings. The van der Waals surface area contributed by atoms with Gasteiger partial charge in [0.05, 0.1) is 0 Å². The second-order valence-corrected chi connectivity index (χ2v) is 10.6. The van der Waals surface area contributed by atoms with Crippen LogP contribution in [-0.2, 0) is 0 Å². The molecule has 3 rings (SSSR count). The summed E-state index contributed by atoms with van der Waals surface area (Å²) in [6.45, 7) is 7.30. The van der Waals surface area contributed by atoms with E-state index in [0.717, 1.165) is 35.0 Å². The fourth-order valence-corrected chi connectivity index (χ4v) is 7.87. The average Bonchev–Trinajstić information content (AvgIpc) is 2.92. The van der Waals surface area contributed by atoms with Crippen LogP contribution in [0.4, 0.5) is 0 Å². The Hall–Kier alpha value is 0.